The quantitative estimate of drug-likeness (QED) is 0.334. The first-order valence-corrected chi connectivity index (χ1v) is 11.5. The second-order valence-corrected chi connectivity index (χ2v) is 8.79. The average molecular weight is 473 g/mol. The van der Waals surface area contributed by atoms with Crippen molar-refractivity contribution in [2.75, 3.05) is 16.4 Å². The molecule has 0 unspecified atom stereocenters. The fraction of sp³-hybridized carbons (Fsp3) is 0.231. The lowest BCUT2D eigenvalue weighted by Gasteiger charge is -2.12. The Morgan fingerprint density at radius 3 is 2.69 bits per heavy atom. The van der Waals surface area contributed by atoms with E-state index in [-0.39, 0.29) is 17.6 Å². The number of amides is 2. The fourth-order valence-corrected chi connectivity index (χ4v) is 4.65. The fourth-order valence-electron chi connectivity index (χ4n) is 4.65. The van der Waals surface area contributed by atoms with Crippen molar-refractivity contribution in [2.45, 2.75) is 38.6 Å². The second kappa shape index (κ2) is 9.17. The van der Waals surface area contributed by atoms with E-state index in [0.717, 1.165) is 31.2 Å². The van der Waals surface area contributed by atoms with E-state index in [9.17, 15) is 14.0 Å². The molecule has 2 amide bonds. The van der Waals surface area contributed by atoms with E-state index in [2.05, 4.69) is 20.6 Å². The van der Waals surface area contributed by atoms with Gasteiger partial charge < -0.3 is 20.9 Å². The molecule has 0 aliphatic heterocycles. The molecule has 4 N–H and O–H groups in total. The van der Waals surface area contributed by atoms with E-state index in [0.29, 0.717) is 33.5 Å². The van der Waals surface area contributed by atoms with Gasteiger partial charge in [0.05, 0.1) is 10.9 Å². The van der Waals surface area contributed by atoms with Crippen molar-refractivity contribution < 1.29 is 14.0 Å². The number of rotatable bonds is 5. The zero-order valence-electron chi connectivity index (χ0n) is 19.2. The number of halogens is 1. The van der Waals surface area contributed by atoms with Crippen LogP contribution in [-0.4, -0.2) is 26.3 Å². The number of nitrogens with zero attached hydrogens (tertiary/aromatic N) is 3. The number of nitrogens with one attached hydrogen (secondary N) is 2. The van der Waals surface area contributed by atoms with Crippen molar-refractivity contribution in [2.24, 2.45) is 0 Å². The first-order chi connectivity index (χ1) is 16.9. The van der Waals surface area contributed by atoms with Crippen LogP contribution in [0.3, 0.4) is 0 Å². The van der Waals surface area contributed by atoms with Crippen molar-refractivity contribution in [3.8, 4) is 0 Å². The van der Waals surface area contributed by atoms with Crippen LogP contribution in [0.25, 0.3) is 11.0 Å². The molecule has 1 aliphatic carbocycles. The minimum atomic E-state index is -0.543. The number of ketones is 1. The first-order valence-electron chi connectivity index (χ1n) is 11.5. The SMILES string of the molecule is Cc1ccc(F)cc1NC(=O)Nc1cccc(C(=O)c2cn(C3CCCC3)c3ncnc(N)c23)c1. The minimum Gasteiger partial charge on any atom is -0.383 e. The van der Waals surface area contributed by atoms with Crippen molar-refractivity contribution in [1.82, 2.24) is 14.5 Å². The lowest BCUT2D eigenvalue weighted by Crippen LogP contribution is -2.20. The van der Waals surface area contributed by atoms with E-state index < -0.39 is 11.8 Å². The third kappa shape index (κ3) is 4.44. The molecule has 178 valence electrons. The van der Waals surface area contributed by atoms with Gasteiger partial charge in [-0.25, -0.2) is 19.2 Å². The molecule has 8 nitrogen and oxygen atoms in total. The summed E-state index contributed by atoms with van der Waals surface area (Å²) >= 11 is 0. The Labute approximate surface area is 201 Å². The van der Waals surface area contributed by atoms with Gasteiger partial charge in [0, 0.05) is 29.2 Å². The Balaban J connectivity index is 1.42. The number of carbonyl (C=O) groups is 2. The summed E-state index contributed by atoms with van der Waals surface area (Å²) < 4.78 is 15.6. The molecular weight excluding hydrogens is 447 g/mol. The van der Waals surface area contributed by atoms with Crippen molar-refractivity contribution in [1.29, 1.82) is 0 Å². The van der Waals surface area contributed by atoms with Gasteiger partial charge in [0.1, 0.15) is 23.6 Å². The van der Waals surface area contributed by atoms with E-state index in [1.807, 2.05) is 10.8 Å². The largest absolute Gasteiger partial charge is 0.383 e. The van der Waals surface area contributed by atoms with Crippen LogP contribution in [0.1, 0.15) is 53.2 Å². The van der Waals surface area contributed by atoms with Gasteiger partial charge in [0.25, 0.3) is 0 Å². The number of urea groups is 1. The van der Waals surface area contributed by atoms with Crippen LogP contribution < -0.4 is 16.4 Å². The molecule has 1 saturated carbocycles. The second-order valence-electron chi connectivity index (χ2n) is 8.79. The van der Waals surface area contributed by atoms with Gasteiger partial charge in [-0.05, 0) is 49.6 Å². The molecule has 1 aliphatic rings. The number of hydrogen-bond acceptors (Lipinski definition) is 5. The Kier molecular flexibility index (Phi) is 5.90. The Morgan fingerprint density at radius 2 is 1.89 bits per heavy atom. The number of carbonyl (C=O) groups excluding carboxylic acids is 2. The number of nitrogen functional groups attached to an aromatic ring is 1. The monoisotopic (exact) mass is 472 g/mol. The van der Waals surface area contributed by atoms with Gasteiger partial charge in [-0.2, -0.15) is 0 Å². The number of hydrogen-bond donors (Lipinski definition) is 3. The van der Waals surface area contributed by atoms with Crippen molar-refractivity contribution in [3.05, 3.63) is 77.5 Å². The summed E-state index contributed by atoms with van der Waals surface area (Å²) in [6.07, 6.45) is 7.58. The number of aromatic nitrogens is 3. The van der Waals surface area contributed by atoms with Crippen LogP contribution in [0.2, 0.25) is 0 Å². The summed E-state index contributed by atoms with van der Waals surface area (Å²) in [5.41, 5.74) is 9.16. The number of aryl methyl sites for hydroxylation is 1. The third-order valence-corrected chi connectivity index (χ3v) is 6.43. The molecule has 2 heterocycles. The summed E-state index contributed by atoms with van der Waals surface area (Å²) in [5, 5.41) is 5.88. The lowest BCUT2D eigenvalue weighted by atomic mass is 10.0. The van der Waals surface area contributed by atoms with Gasteiger partial charge in [-0.3, -0.25) is 4.79 Å². The molecule has 0 bridgehead atoms. The molecule has 35 heavy (non-hydrogen) atoms. The average Bonchev–Trinajstić information content (AvgIpc) is 3.50. The van der Waals surface area contributed by atoms with Crippen LogP contribution in [0, 0.1) is 12.7 Å². The standard InChI is InChI=1S/C26H25FN6O2/c1-15-9-10-17(27)12-21(15)32-26(35)31-18-6-4-5-16(11-18)23(34)20-13-33(19-7-2-3-8-19)25-22(20)24(28)29-14-30-25/h4-6,9-14,19H,2-3,7-8H2,1H3,(H2,28,29,30)(H2,31,32,35). The molecule has 5 rings (SSSR count). The van der Waals surface area contributed by atoms with Crippen molar-refractivity contribution in [3.63, 3.8) is 0 Å². The van der Waals surface area contributed by atoms with Crippen LogP contribution in [0.4, 0.5) is 26.4 Å². The van der Waals surface area contributed by atoms with Crippen LogP contribution >= 0.6 is 0 Å². The Bertz CT molecular complexity index is 1440. The Morgan fingerprint density at radius 1 is 1.09 bits per heavy atom. The Hall–Kier alpha value is -4.27. The predicted octanol–water partition coefficient (Wildman–Crippen LogP) is 5.45. The van der Waals surface area contributed by atoms with Crippen molar-refractivity contribution >= 4 is 40.0 Å². The van der Waals surface area contributed by atoms with E-state index in [4.69, 9.17) is 5.73 Å². The first kappa shape index (κ1) is 22.5. The zero-order chi connectivity index (χ0) is 24.5. The van der Waals surface area contributed by atoms with Gasteiger partial charge >= 0.3 is 6.03 Å². The smallest absolute Gasteiger partial charge is 0.323 e. The molecule has 9 heteroatoms. The molecule has 0 spiro atoms. The molecule has 0 radical (unpaired) electrons. The molecule has 0 saturated heterocycles. The van der Waals surface area contributed by atoms with Gasteiger partial charge in [0.15, 0.2) is 5.78 Å². The van der Waals surface area contributed by atoms with Gasteiger partial charge in [-0.1, -0.05) is 31.0 Å². The molecule has 1 fully saturated rings. The highest BCUT2D eigenvalue weighted by Crippen LogP contribution is 2.35. The summed E-state index contributed by atoms with van der Waals surface area (Å²) in [6, 6.07) is 10.5. The zero-order valence-corrected chi connectivity index (χ0v) is 19.2. The summed E-state index contributed by atoms with van der Waals surface area (Å²) in [4.78, 5) is 34.6. The normalized spacial score (nSPS) is 13.8. The lowest BCUT2D eigenvalue weighted by molar-refractivity contribution is 0.104. The minimum absolute atomic E-state index is 0.238. The topological polar surface area (TPSA) is 115 Å². The number of nitrogens with two attached hydrogens (primary N) is 1. The van der Waals surface area contributed by atoms with E-state index in [1.165, 1.54) is 18.5 Å². The summed E-state index contributed by atoms with van der Waals surface area (Å²) in [6.45, 7) is 1.77. The molecular formula is C26H25FN6O2. The van der Waals surface area contributed by atoms with E-state index >= 15 is 0 Å². The van der Waals surface area contributed by atoms with Crippen LogP contribution in [0.15, 0.2) is 55.0 Å². The highest BCUT2D eigenvalue weighted by molar-refractivity contribution is 6.18. The molecule has 2 aromatic carbocycles. The third-order valence-electron chi connectivity index (χ3n) is 6.43. The van der Waals surface area contributed by atoms with Crippen LogP contribution in [0.5, 0.6) is 0 Å². The number of fused-ring (bicyclic) bond motifs is 1. The maximum absolute atomic E-state index is 13.6. The van der Waals surface area contributed by atoms with Crippen LogP contribution in [-0.2, 0) is 0 Å². The number of benzene rings is 2. The molecule has 4 aromatic rings. The molecule has 0 atom stereocenters. The van der Waals surface area contributed by atoms with Gasteiger partial charge in [-0.15, -0.1) is 0 Å². The van der Waals surface area contributed by atoms with Gasteiger partial charge in [0.2, 0.25) is 0 Å². The maximum atomic E-state index is 13.6. The predicted molar refractivity (Wildman–Crippen MR) is 133 cm³/mol. The maximum Gasteiger partial charge on any atom is 0.323 e. The number of anilines is 3. The van der Waals surface area contributed by atoms with E-state index in [1.54, 1.807) is 37.3 Å². The molecule has 2 aromatic heterocycles. The summed E-state index contributed by atoms with van der Waals surface area (Å²) in [5.74, 6) is -0.425. The highest BCUT2D eigenvalue weighted by Gasteiger charge is 2.25. The summed E-state index contributed by atoms with van der Waals surface area (Å²) in [7, 11) is 0. The highest BCUT2D eigenvalue weighted by atomic mass is 19.1.